The summed E-state index contributed by atoms with van der Waals surface area (Å²) in [7, 11) is 3.25. The molecular weight excluding hydrogens is 430 g/mol. The first kappa shape index (κ1) is 18.8. The third-order valence-corrected chi connectivity index (χ3v) is 7.77. The standard InChI is InChI=1S/C19H18ClN5O2S2/c1-9-7-28-17(21-9)15-12-14(23(2)19(27)24(3)18(12)26)13-10(5-4-6-25(13)15)16-22-11(20)8-29-16/h7-8,10H,4-6H2,1-3H3. The highest BCUT2D eigenvalue weighted by Gasteiger charge is 2.34. The molecular formula is C19H18ClN5O2S2. The largest absolute Gasteiger partial charge is 0.339 e. The molecule has 29 heavy (non-hydrogen) atoms. The molecule has 1 atom stereocenters. The fourth-order valence-electron chi connectivity index (χ4n) is 4.27. The molecule has 0 amide bonds. The minimum absolute atomic E-state index is 0.0173. The Bertz CT molecular complexity index is 1390. The van der Waals surface area contributed by atoms with Crippen LogP contribution < -0.4 is 11.2 Å². The third kappa shape index (κ3) is 2.68. The lowest BCUT2D eigenvalue weighted by atomic mass is 9.96. The number of hydrogen-bond acceptors (Lipinski definition) is 6. The van der Waals surface area contributed by atoms with Crippen molar-refractivity contribution in [2.24, 2.45) is 14.1 Å². The predicted octanol–water partition coefficient (Wildman–Crippen LogP) is 3.51. The Kier molecular flexibility index (Phi) is 4.30. The molecule has 150 valence electrons. The van der Waals surface area contributed by atoms with E-state index in [0.29, 0.717) is 16.1 Å². The summed E-state index contributed by atoms with van der Waals surface area (Å²) < 4.78 is 4.93. The molecule has 0 radical (unpaired) electrons. The molecule has 0 bridgehead atoms. The maximum absolute atomic E-state index is 13.2. The summed E-state index contributed by atoms with van der Waals surface area (Å²) in [5.41, 5.74) is 2.73. The molecule has 5 rings (SSSR count). The zero-order valence-electron chi connectivity index (χ0n) is 16.1. The van der Waals surface area contributed by atoms with Gasteiger partial charge < -0.3 is 4.57 Å². The highest BCUT2D eigenvalue weighted by molar-refractivity contribution is 7.13. The summed E-state index contributed by atoms with van der Waals surface area (Å²) in [5, 5.41) is 6.53. The number of aromatic nitrogens is 5. The summed E-state index contributed by atoms with van der Waals surface area (Å²) in [4.78, 5) is 35.2. The van der Waals surface area contributed by atoms with Crippen molar-refractivity contribution in [3.8, 4) is 10.7 Å². The van der Waals surface area contributed by atoms with Crippen molar-refractivity contribution in [2.75, 3.05) is 0 Å². The van der Waals surface area contributed by atoms with Crippen LogP contribution in [-0.2, 0) is 20.6 Å². The van der Waals surface area contributed by atoms with Crippen molar-refractivity contribution in [1.82, 2.24) is 23.7 Å². The number of aryl methyl sites for hydroxylation is 2. The maximum Gasteiger partial charge on any atom is 0.331 e. The van der Waals surface area contributed by atoms with E-state index >= 15 is 0 Å². The van der Waals surface area contributed by atoms with E-state index in [-0.39, 0.29) is 17.2 Å². The first-order chi connectivity index (χ1) is 13.9. The lowest BCUT2D eigenvalue weighted by Gasteiger charge is -2.25. The minimum Gasteiger partial charge on any atom is -0.339 e. The van der Waals surface area contributed by atoms with Crippen LogP contribution in [0.3, 0.4) is 0 Å². The van der Waals surface area contributed by atoms with Gasteiger partial charge in [-0.25, -0.2) is 14.8 Å². The summed E-state index contributed by atoms with van der Waals surface area (Å²) in [5.74, 6) is -0.0173. The Labute approximate surface area is 178 Å². The van der Waals surface area contributed by atoms with Gasteiger partial charge in [-0.05, 0) is 19.8 Å². The number of halogens is 1. The molecule has 5 heterocycles. The van der Waals surface area contributed by atoms with Crippen LogP contribution in [0, 0.1) is 6.92 Å². The van der Waals surface area contributed by atoms with Crippen LogP contribution in [-0.4, -0.2) is 23.7 Å². The number of thiazole rings is 2. The first-order valence-corrected chi connectivity index (χ1v) is 11.4. The van der Waals surface area contributed by atoms with E-state index in [1.807, 2.05) is 17.7 Å². The summed E-state index contributed by atoms with van der Waals surface area (Å²) >= 11 is 9.14. The normalized spacial score (nSPS) is 16.5. The zero-order valence-corrected chi connectivity index (χ0v) is 18.5. The van der Waals surface area contributed by atoms with Gasteiger partial charge in [0.05, 0.1) is 28.2 Å². The van der Waals surface area contributed by atoms with Gasteiger partial charge in [0, 0.05) is 37.1 Å². The van der Waals surface area contributed by atoms with Gasteiger partial charge in [-0.1, -0.05) is 11.6 Å². The number of rotatable bonds is 2. The Morgan fingerprint density at radius 2 is 1.93 bits per heavy atom. The van der Waals surface area contributed by atoms with E-state index in [0.717, 1.165) is 46.5 Å². The number of fused-ring (bicyclic) bond motifs is 3. The Morgan fingerprint density at radius 3 is 2.59 bits per heavy atom. The smallest absolute Gasteiger partial charge is 0.331 e. The fourth-order valence-corrected chi connectivity index (χ4v) is 6.21. The van der Waals surface area contributed by atoms with Gasteiger partial charge in [-0.2, -0.15) is 0 Å². The van der Waals surface area contributed by atoms with Crippen molar-refractivity contribution in [2.45, 2.75) is 32.2 Å². The van der Waals surface area contributed by atoms with E-state index in [1.165, 1.54) is 34.3 Å². The molecule has 0 aliphatic carbocycles. The Balaban J connectivity index is 1.96. The van der Waals surface area contributed by atoms with Crippen molar-refractivity contribution < 1.29 is 0 Å². The summed E-state index contributed by atoms with van der Waals surface area (Å²) in [6.45, 7) is 2.71. The van der Waals surface area contributed by atoms with Crippen LogP contribution in [0.4, 0.5) is 0 Å². The van der Waals surface area contributed by atoms with Gasteiger partial charge in [0.25, 0.3) is 5.56 Å². The number of hydrogen-bond donors (Lipinski definition) is 0. The Morgan fingerprint density at radius 1 is 1.14 bits per heavy atom. The second kappa shape index (κ2) is 6.65. The average Bonchev–Trinajstić information content (AvgIpc) is 3.41. The second-order valence-corrected chi connectivity index (χ2v) is 9.45. The lowest BCUT2D eigenvalue weighted by Crippen LogP contribution is -2.37. The van der Waals surface area contributed by atoms with E-state index in [1.54, 1.807) is 11.6 Å². The molecule has 10 heteroatoms. The highest BCUT2D eigenvalue weighted by atomic mass is 35.5. The van der Waals surface area contributed by atoms with Crippen LogP contribution >= 0.6 is 34.3 Å². The van der Waals surface area contributed by atoms with Crippen molar-refractivity contribution in [3.05, 3.63) is 53.1 Å². The van der Waals surface area contributed by atoms with Crippen LogP contribution in [0.15, 0.2) is 20.3 Å². The fraction of sp³-hybridized carbons (Fsp3) is 0.368. The van der Waals surface area contributed by atoms with Crippen LogP contribution in [0.2, 0.25) is 5.15 Å². The van der Waals surface area contributed by atoms with Gasteiger partial charge in [-0.15, -0.1) is 22.7 Å². The van der Waals surface area contributed by atoms with Crippen molar-refractivity contribution >= 4 is 45.2 Å². The molecule has 7 nitrogen and oxygen atoms in total. The van der Waals surface area contributed by atoms with Crippen LogP contribution in [0.5, 0.6) is 0 Å². The van der Waals surface area contributed by atoms with Crippen molar-refractivity contribution in [1.29, 1.82) is 0 Å². The van der Waals surface area contributed by atoms with E-state index in [9.17, 15) is 9.59 Å². The summed E-state index contributed by atoms with van der Waals surface area (Å²) in [6, 6.07) is 0. The third-order valence-electron chi connectivity index (χ3n) is 5.52. The molecule has 0 N–H and O–H groups in total. The van der Waals surface area contributed by atoms with Gasteiger partial charge in [0.2, 0.25) is 0 Å². The quantitative estimate of drug-likeness (QED) is 0.471. The maximum atomic E-state index is 13.2. The SMILES string of the molecule is Cc1csc(-c2c3c(=O)n(C)c(=O)n(C)c3c3n2CCCC3c2nc(Cl)cs2)n1. The monoisotopic (exact) mass is 447 g/mol. The van der Waals surface area contributed by atoms with Gasteiger partial charge in [0.15, 0.2) is 0 Å². The van der Waals surface area contributed by atoms with Gasteiger partial charge >= 0.3 is 5.69 Å². The van der Waals surface area contributed by atoms with E-state index in [2.05, 4.69) is 14.5 Å². The summed E-state index contributed by atoms with van der Waals surface area (Å²) in [6.07, 6.45) is 1.84. The topological polar surface area (TPSA) is 74.7 Å². The molecule has 1 unspecified atom stereocenters. The Hall–Kier alpha value is -2.23. The van der Waals surface area contributed by atoms with Gasteiger partial charge in [0.1, 0.15) is 15.2 Å². The van der Waals surface area contributed by atoms with Gasteiger partial charge in [-0.3, -0.25) is 13.9 Å². The predicted molar refractivity (Wildman–Crippen MR) is 116 cm³/mol. The molecule has 4 aromatic heterocycles. The zero-order chi connectivity index (χ0) is 20.4. The molecule has 0 saturated carbocycles. The highest BCUT2D eigenvalue weighted by Crippen LogP contribution is 2.44. The van der Waals surface area contributed by atoms with E-state index in [4.69, 9.17) is 11.6 Å². The molecule has 0 fully saturated rings. The molecule has 1 aliphatic rings. The molecule has 0 aromatic carbocycles. The first-order valence-electron chi connectivity index (χ1n) is 9.24. The lowest BCUT2D eigenvalue weighted by molar-refractivity contribution is 0.495. The minimum atomic E-state index is -0.334. The molecule has 0 spiro atoms. The van der Waals surface area contributed by atoms with E-state index < -0.39 is 0 Å². The molecule has 4 aromatic rings. The second-order valence-electron chi connectivity index (χ2n) is 7.31. The van der Waals surface area contributed by atoms with Crippen molar-refractivity contribution in [3.63, 3.8) is 0 Å². The average molecular weight is 448 g/mol. The van der Waals surface area contributed by atoms with Crippen LogP contribution in [0.1, 0.15) is 35.2 Å². The van der Waals surface area contributed by atoms with Crippen LogP contribution in [0.25, 0.3) is 21.6 Å². The molecule has 0 saturated heterocycles. The number of nitrogens with zero attached hydrogens (tertiary/aromatic N) is 5. The molecule has 1 aliphatic heterocycles.